The lowest BCUT2D eigenvalue weighted by Gasteiger charge is -2.12. The van der Waals surface area contributed by atoms with E-state index in [1.165, 1.54) is 58.0 Å². The van der Waals surface area contributed by atoms with Gasteiger partial charge in [0.25, 0.3) is 11.4 Å². The zero-order valence-electron chi connectivity index (χ0n) is 42.5. The van der Waals surface area contributed by atoms with E-state index in [-0.39, 0.29) is 11.4 Å². The molecule has 0 spiro atoms. The zero-order valence-corrected chi connectivity index (χ0v) is 47.2. The average molecular weight is 1180 g/mol. The first-order valence-corrected chi connectivity index (χ1v) is 27.7. The van der Waals surface area contributed by atoms with Gasteiger partial charge in [0.15, 0.2) is 0 Å². The van der Waals surface area contributed by atoms with Crippen molar-refractivity contribution in [3.8, 4) is 22.3 Å². The lowest BCUT2D eigenvalue weighted by Crippen LogP contribution is -2.30. The highest BCUT2D eigenvalue weighted by atomic mass is 79.9. The summed E-state index contributed by atoms with van der Waals surface area (Å²) >= 11 is 20.5. The maximum atomic E-state index is 11.2. The van der Waals surface area contributed by atoms with Crippen LogP contribution in [0.2, 0.25) is 15.1 Å². The van der Waals surface area contributed by atoms with Crippen LogP contribution < -0.4 is 5.46 Å². The second kappa shape index (κ2) is 30.9. The summed E-state index contributed by atoms with van der Waals surface area (Å²) in [5.74, 6) is 0. The molecule has 0 unspecified atom stereocenters. The monoisotopic (exact) mass is 1180 g/mol. The quantitative estimate of drug-likeness (QED) is 0.0583. The molecule has 1 heterocycles. The van der Waals surface area contributed by atoms with Crippen LogP contribution in [0.4, 0.5) is 11.4 Å². The van der Waals surface area contributed by atoms with Gasteiger partial charge >= 0.3 is 15.7 Å². The minimum absolute atomic E-state index is 0.0162. The molecule has 0 radical (unpaired) electrons. The van der Waals surface area contributed by atoms with Crippen LogP contribution in [0.15, 0.2) is 180 Å². The first-order chi connectivity index (χ1) is 37.2. The molecule has 0 atom stereocenters. The summed E-state index contributed by atoms with van der Waals surface area (Å²) < 4.78 is 20.8. The molecule has 0 aromatic heterocycles. The van der Waals surface area contributed by atoms with E-state index < -0.39 is 25.6 Å². The molecule has 12 nitrogen and oxygen atoms in total. The third-order valence-electron chi connectivity index (χ3n) is 11.7. The van der Waals surface area contributed by atoms with Crippen LogP contribution >= 0.6 is 59.3 Å². The summed E-state index contributed by atoms with van der Waals surface area (Å²) in [6, 6.07) is 55.1. The number of benzene rings is 9. The fourth-order valence-corrected chi connectivity index (χ4v) is 10.1. The van der Waals surface area contributed by atoms with E-state index >= 15 is 0 Å². The number of rotatable bonds is 10. The Hall–Kier alpha value is -5.84. The number of nitro benzene ring substituents is 2. The molecule has 77 heavy (non-hydrogen) atoms. The normalized spacial score (nSPS) is 11.8. The summed E-state index contributed by atoms with van der Waals surface area (Å²) in [7, 11) is -2.46. The van der Waals surface area contributed by atoms with Gasteiger partial charge < -0.3 is 28.4 Å². The van der Waals surface area contributed by atoms with Gasteiger partial charge in [-0.1, -0.05) is 162 Å². The van der Waals surface area contributed by atoms with Crippen LogP contribution in [-0.4, -0.2) is 60.0 Å². The van der Waals surface area contributed by atoms with E-state index in [9.17, 15) is 20.2 Å². The van der Waals surface area contributed by atoms with Gasteiger partial charge in [0, 0.05) is 40.4 Å². The van der Waals surface area contributed by atoms with E-state index in [0.29, 0.717) is 45.4 Å². The van der Waals surface area contributed by atoms with E-state index in [4.69, 9.17) is 63.2 Å². The van der Waals surface area contributed by atoms with Crippen LogP contribution in [0, 0.1) is 20.2 Å². The van der Waals surface area contributed by atoms with Crippen molar-refractivity contribution in [2.45, 2.75) is 40.0 Å². The third kappa shape index (κ3) is 17.3. The maximum absolute atomic E-state index is 11.2. The smallest absolute Gasteiger partial charge is 0.423 e. The predicted molar refractivity (Wildman–Crippen MR) is 320 cm³/mol. The zero-order chi connectivity index (χ0) is 55.3. The highest BCUT2D eigenvalue weighted by molar-refractivity contribution is 9.10. The van der Waals surface area contributed by atoms with Gasteiger partial charge in [0.05, 0.1) is 39.7 Å². The molecule has 2 aliphatic rings. The standard InChI is InChI=1S/C17H11Cl.C16H10ClNO2.C10H9BO2.C6H3BrClNO2.C6H15O3P.C4H8O/c18-14-7-8-16-13(10-14)9-12-6-5-11-3-1-2-4-15(11)17(12)16;17-12-8-9-15(16(10-12)18(19)20)14-7-3-5-11-4-1-2-6-13(11)14;12-11(13)10-7-3-5-8-4-1-2-6-9(8)10;7-5-2-1-4(8)3-6(5)9(10)11;1-4-7-10(8-5-2)9-6-3;1-2-4-5-3-1/h1-8,10H,9H2;1-10H;1-7,12-13H;1-3H;4-6H2,1-3H3;1-4H2. The van der Waals surface area contributed by atoms with Crippen molar-refractivity contribution in [3.63, 3.8) is 0 Å². The fraction of sp³-hybridized carbons (Fsp3) is 0.186. The molecule has 1 aliphatic heterocycles. The topological polar surface area (TPSA) is 164 Å². The van der Waals surface area contributed by atoms with Crippen molar-refractivity contribution >= 4 is 116 Å². The first kappa shape index (κ1) is 60.4. The molecule has 1 aliphatic carbocycles. The Morgan fingerprint density at radius 3 is 1.57 bits per heavy atom. The number of ether oxygens (including phenoxy) is 1. The van der Waals surface area contributed by atoms with Crippen molar-refractivity contribution in [2.24, 2.45) is 0 Å². The Kier molecular flexibility index (Phi) is 24.3. The maximum Gasteiger partial charge on any atom is 0.489 e. The molecule has 1 fully saturated rings. The highest BCUT2D eigenvalue weighted by Gasteiger charge is 2.21. The SMILES string of the molecule is C1CCOC1.CCOP(OCC)OCC.Clc1ccc2c(c1)Cc1ccc3ccccc3c1-2.O=[N+]([O-])c1cc(Cl)ccc1-c1cccc2ccccc12.O=[N+]([O-])c1cc(Cl)ccc1Br.OB(O)c1cccc2ccccc12. The van der Waals surface area contributed by atoms with Crippen molar-refractivity contribution < 1.29 is 38.2 Å². The summed E-state index contributed by atoms with van der Waals surface area (Å²) in [6.07, 6.45) is 3.55. The molecule has 1 saturated heterocycles. The second-order valence-corrected chi connectivity index (χ2v) is 20.2. The molecule has 9 aromatic carbocycles. The number of hydrogen-bond donors (Lipinski definition) is 2. The Morgan fingerprint density at radius 1 is 0.545 bits per heavy atom. The Morgan fingerprint density at radius 2 is 1.03 bits per heavy atom. The van der Waals surface area contributed by atoms with Gasteiger partial charge in [-0.05, 0) is 158 Å². The van der Waals surface area contributed by atoms with Crippen molar-refractivity contribution in [1.82, 2.24) is 0 Å². The molecule has 0 saturated carbocycles. The van der Waals surface area contributed by atoms with Gasteiger partial charge in [-0.2, -0.15) is 0 Å². The second-order valence-electron chi connectivity index (χ2n) is 16.8. The van der Waals surface area contributed by atoms with Crippen molar-refractivity contribution in [2.75, 3.05) is 33.0 Å². The molecule has 2 N–H and O–H groups in total. The minimum atomic E-state index is -1.40. The number of fused-ring (bicyclic) bond motifs is 7. The molecule has 398 valence electrons. The first-order valence-electron chi connectivity index (χ1n) is 24.7. The van der Waals surface area contributed by atoms with E-state index in [0.717, 1.165) is 51.8 Å². The number of nitro groups is 2. The fourth-order valence-electron chi connectivity index (χ4n) is 8.32. The lowest BCUT2D eigenvalue weighted by molar-refractivity contribution is -0.385. The van der Waals surface area contributed by atoms with Gasteiger partial charge in [-0.15, -0.1) is 0 Å². The summed E-state index contributed by atoms with van der Waals surface area (Å²) in [4.78, 5) is 20.6. The van der Waals surface area contributed by atoms with Crippen molar-refractivity contribution in [1.29, 1.82) is 0 Å². The molecule has 11 rings (SSSR count). The van der Waals surface area contributed by atoms with Gasteiger partial charge in [0.2, 0.25) is 0 Å². The van der Waals surface area contributed by atoms with Gasteiger partial charge in [-0.25, -0.2) is 0 Å². The average Bonchev–Trinajstić information content (AvgIpc) is 4.18. The van der Waals surface area contributed by atoms with Crippen LogP contribution in [0.3, 0.4) is 0 Å². The lowest BCUT2D eigenvalue weighted by atomic mass is 9.77. The molecular weight excluding hydrogens is 1120 g/mol. The highest BCUT2D eigenvalue weighted by Crippen LogP contribution is 2.42. The molecule has 0 amide bonds. The van der Waals surface area contributed by atoms with Crippen LogP contribution in [0.25, 0.3) is 54.6 Å². The summed E-state index contributed by atoms with van der Waals surface area (Å²) in [5, 5.41) is 47.8. The Balaban J connectivity index is 0.000000156. The van der Waals surface area contributed by atoms with E-state index in [1.54, 1.807) is 30.3 Å². The predicted octanol–water partition coefficient (Wildman–Crippen LogP) is 16.8. The molecule has 9 aromatic rings. The van der Waals surface area contributed by atoms with Gasteiger partial charge in [-0.3, -0.25) is 20.2 Å². The number of nitrogens with zero attached hydrogens (tertiary/aromatic N) is 2. The van der Waals surface area contributed by atoms with Crippen LogP contribution in [-0.2, 0) is 24.7 Å². The van der Waals surface area contributed by atoms with Crippen LogP contribution in [0.5, 0.6) is 0 Å². The Bertz CT molecular complexity index is 3380. The van der Waals surface area contributed by atoms with E-state index in [2.05, 4.69) is 64.5 Å². The number of halogens is 4. The summed E-state index contributed by atoms with van der Waals surface area (Å²) in [6.45, 7) is 9.71. The van der Waals surface area contributed by atoms with E-state index in [1.807, 2.05) is 106 Å². The minimum Gasteiger partial charge on any atom is -0.423 e. The largest absolute Gasteiger partial charge is 0.489 e. The summed E-state index contributed by atoms with van der Waals surface area (Å²) in [5.41, 5.74) is 7.46. The molecule has 18 heteroatoms. The molecular formula is C59H56BBrCl3N2O10P. The molecule has 0 bridgehead atoms. The van der Waals surface area contributed by atoms with Crippen LogP contribution in [0.1, 0.15) is 44.7 Å². The number of hydrogen-bond acceptors (Lipinski definition) is 10. The van der Waals surface area contributed by atoms with Crippen molar-refractivity contribution in [3.05, 3.63) is 227 Å². The third-order valence-corrected chi connectivity index (χ3v) is 14.5. The Labute approximate surface area is 473 Å². The van der Waals surface area contributed by atoms with Gasteiger partial charge in [0.1, 0.15) is 0 Å².